The topological polar surface area (TPSA) is 49.6 Å². The maximum Gasteiger partial charge on any atom is 0.416 e. The summed E-state index contributed by atoms with van der Waals surface area (Å²) in [6.07, 6.45) is 3.17. The zero-order valence-corrected chi connectivity index (χ0v) is 13.7. The van der Waals surface area contributed by atoms with E-state index >= 15 is 0 Å². The minimum absolute atomic E-state index is 0.261. The van der Waals surface area contributed by atoms with Crippen LogP contribution in [0, 0.1) is 10.1 Å². The molecule has 2 aliphatic rings. The largest absolute Gasteiger partial charge is 0.416 e. The lowest BCUT2D eigenvalue weighted by Crippen LogP contribution is -2.50. The summed E-state index contributed by atoms with van der Waals surface area (Å²) in [6, 6.07) is 3.17. The molecule has 1 aliphatic carbocycles. The van der Waals surface area contributed by atoms with Gasteiger partial charge in [0.25, 0.3) is 5.69 Å². The van der Waals surface area contributed by atoms with Crippen molar-refractivity contribution in [1.82, 2.24) is 4.90 Å². The molecule has 136 valence electrons. The number of halogens is 3. The Balaban J connectivity index is 1.75. The standard InChI is InChI=1S/C17H20F3N3O2/c18-17(19,20)13-6-7-15(16(12-13)23(24)25)22-10-8-21(9-11-22)14-4-2-1-3-5-14/h2,4,6-7,12,14H,1,3,5,8-11H2. The monoisotopic (exact) mass is 355 g/mol. The van der Waals surface area contributed by atoms with Gasteiger partial charge in [-0.3, -0.25) is 15.0 Å². The first-order valence-electron chi connectivity index (χ1n) is 8.37. The van der Waals surface area contributed by atoms with Crippen LogP contribution in [-0.2, 0) is 6.18 Å². The van der Waals surface area contributed by atoms with Gasteiger partial charge in [-0.15, -0.1) is 0 Å². The van der Waals surface area contributed by atoms with Crippen molar-refractivity contribution in [3.8, 4) is 0 Å². The molecule has 0 aromatic heterocycles. The van der Waals surface area contributed by atoms with Crippen LogP contribution in [0.5, 0.6) is 0 Å². The smallest absolute Gasteiger partial charge is 0.363 e. The van der Waals surface area contributed by atoms with Gasteiger partial charge >= 0.3 is 6.18 Å². The van der Waals surface area contributed by atoms with Gasteiger partial charge in [-0.25, -0.2) is 0 Å². The molecule has 0 bridgehead atoms. The first kappa shape index (κ1) is 17.7. The molecule has 1 heterocycles. The van der Waals surface area contributed by atoms with Crippen LogP contribution in [-0.4, -0.2) is 42.0 Å². The molecule has 1 fully saturated rings. The molecule has 8 heteroatoms. The molecule has 0 amide bonds. The van der Waals surface area contributed by atoms with Gasteiger partial charge in [0.05, 0.1) is 10.5 Å². The van der Waals surface area contributed by atoms with Crippen LogP contribution in [0.15, 0.2) is 30.4 Å². The quantitative estimate of drug-likeness (QED) is 0.470. The van der Waals surface area contributed by atoms with E-state index < -0.39 is 22.4 Å². The Hall–Kier alpha value is -2.09. The van der Waals surface area contributed by atoms with Gasteiger partial charge in [-0.2, -0.15) is 13.2 Å². The van der Waals surface area contributed by atoms with Crippen molar-refractivity contribution in [1.29, 1.82) is 0 Å². The van der Waals surface area contributed by atoms with Crippen LogP contribution >= 0.6 is 0 Å². The average molecular weight is 355 g/mol. The van der Waals surface area contributed by atoms with Gasteiger partial charge in [0.1, 0.15) is 5.69 Å². The molecule has 5 nitrogen and oxygen atoms in total. The van der Waals surface area contributed by atoms with Crippen molar-refractivity contribution in [2.24, 2.45) is 0 Å². The number of anilines is 1. The fraction of sp³-hybridized carbons (Fsp3) is 0.529. The van der Waals surface area contributed by atoms with Crippen molar-refractivity contribution in [3.63, 3.8) is 0 Å². The first-order valence-corrected chi connectivity index (χ1v) is 8.37. The van der Waals surface area contributed by atoms with Gasteiger partial charge in [0.2, 0.25) is 0 Å². The van der Waals surface area contributed by atoms with Crippen LogP contribution in [0.3, 0.4) is 0 Å². The van der Waals surface area contributed by atoms with E-state index in [1.807, 2.05) is 0 Å². The Kier molecular flexibility index (Phi) is 4.99. The lowest BCUT2D eigenvalue weighted by molar-refractivity contribution is -0.384. The lowest BCUT2D eigenvalue weighted by atomic mass is 10.0. The summed E-state index contributed by atoms with van der Waals surface area (Å²) in [6.45, 7) is 2.62. The summed E-state index contributed by atoms with van der Waals surface area (Å²) in [7, 11) is 0. The number of benzene rings is 1. The zero-order valence-electron chi connectivity index (χ0n) is 13.7. The Labute approximate surface area is 143 Å². The summed E-state index contributed by atoms with van der Waals surface area (Å²) < 4.78 is 38.4. The normalized spacial score (nSPS) is 22.2. The van der Waals surface area contributed by atoms with Crippen molar-refractivity contribution in [2.45, 2.75) is 31.5 Å². The number of allylic oxidation sites excluding steroid dienone is 1. The van der Waals surface area contributed by atoms with E-state index in [1.54, 1.807) is 4.90 Å². The van der Waals surface area contributed by atoms with Gasteiger partial charge in [-0.05, 0) is 31.4 Å². The highest BCUT2D eigenvalue weighted by atomic mass is 19.4. The van der Waals surface area contributed by atoms with E-state index in [4.69, 9.17) is 0 Å². The molecule has 1 aromatic rings. The second-order valence-electron chi connectivity index (χ2n) is 6.41. The van der Waals surface area contributed by atoms with Crippen molar-refractivity contribution < 1.29 is 18.1 Å². The van der Waals surface area contributed by atoms with Gasteiger partial charge in [-0.1, -0.05) is 12.2 Å². The van der Waals surface area contributed by atoms with Crippen molar-refractivity contribution in [3.05, 3.63) is 46.0 Å². The molecular formula is C17H20F3N3O2. The van der Waals surface area contributed by atoms with E-state index in [-0.39, 0.29) is 5.69 Å². The summed E-state index contributed by atoms with van der Waals surface area (Å²) in [4.78, 5) is 14.7. The molecule has 1 unspecified atom stereocenters. The van der Waals surface area contributed by atoms with Crippen molar-refractivity contribution >= 4 is 11.4 Å². The van der Waals surface area contributed by atoms with E-state index in [1.165, 1.54) is 6.07 Å². The third kappa shape index (κ3) is 3.95. The second kappa shape index (κ2) is 7.03. The third-order valence-corrected chi connectivity index (χ3v) is 4.85. The maximum atomic E-state index is 12.8. The van der Waals surface area contributed by atoms with Crippen molar-refractivity contribution in [2.75, 3.05) is 31.1 Å². The fourth-order valence-electron chi connectivity index (χ4n) is 3.51. The van der Waals surface area contributed by atoms with E-state index in [2.05, 4.69) is 17.1 Å². The van der Waals surface area contributed by atoms with Gasteiger partial charge in [0.15, 0.2) is 0 Å². The molecule has 0 N–H and O–H groups in total. The fourth-order valence-corrected chi connectivity index (χ4v) is 3.51. The van der Waals surface area contributed by atoms with E-state index in [0.29, 0.717) is 25.2 Å². The summed E-state index contributed by atoms with van der Waals surface area (Å²) >= 11 is 0. The minimum Gasteiger partial charge on any atom is -0.363 e. The van der Waals surface area contributed by atoms with Gasteiger partial charge < -0.3 is 4.90 Å². The number of nitrogens with zero attached hydrogens (tertiary/aromatic N) is 3. The first-order chi connectivity index (χ1) is 11.9. The van der Waals surface area contributed by atoms with Gasteiger partial charge in [0, 0.05) is 38.3 Å². The summed E-state index contributed by atoms with van der Waals surface area (Å²) in [5.41, 5.74) is -1.22. The highest BCUT2D eigenvalue weighted by molar-refractivity contribution is 5.65. The number of hydrogen-bond donors (Lipinski definition) is 0. The second-order valence-corrected chi connectivity index (χ2v) is 6.41. The Morgan fingerprint density at radius 3 is 2.44 bits per heavy atom. The average Bonchev–Trinajstić information content (AvgIpc) is 2.61. The molecule has 3 rings (SSSR count). The molecule has 1 saturated heterocycles. The molecule has 1 aromatic carbocycles. The highest BCUT2D eigenvalue weighted by Crippen LogP contribution is 2.37. The predicted octanol–water partition coefficient (Wildman–Crippen LogP) is 3.84. The number of rotatable bonds is 3. The Morgan fingerprint density at radius 1 is 1.16 bits per heavy atom. The minimum atomic E-state index is -4.59. The number of piperazine rings is 1. The number of nitro benzene ring substituents is 1. The molecular weight excluding hydrogens is 335 g/mol. The van der Waals surface area contributed by atoms with Crippen LogP contribution < -0.4 is 4.90 Å². The van der Waals surface area contributed by atoms with E-state index in [0.717, 1.165) is 38.4 Å². The molecule has 0 saturated carbocycles. The highest BCUT2D eigenvalue weighted by Gasteiger charge is 2.34. The number of alkyl halides is 3. The van der Waals surface area contributed by atoms with Crippen LogP contribution in [0.2, 0.25) is 0 Å². The molecule has 1 atom stereocenters. The van der Waals surface area contributed by atoms with Crippen LogP contribution in [0.1, 0.15) is 24.8 Å². The third-order valence-electron chi connectivity index (χ3n) is 4.85. The van der Waals surface area contributed by atoms with Crippen LogP contribution in [0.4, 0.5) is 24.5 Å². The number of nitro groups is 1. The Morgan fingerprint density at radius 2 is 1.88 bits per heavy atom. The zero-order chi connectivity index (χ0) is 18.0. The Bertz CT molecular complexity index is 668. The summed E-state index contributed by atoms with van der Waals surface area (Å²) in [5.74, 6) is 0. The number of hydrogen-bond acceptors (Lipinski definition) is 4. The molecule has 25 heavy (non-hydrogen) atoms. The molecule has 0 radical (unpaired) electrons. The SMILES string of the molecule is O=[N+]([O-])c1cc(C(F)(F)F)ccc1N1CCN(C2C=CCCC2)CC1. The molecule has 0 spiro atoms. The summed E-state index contributed by atoms with van der Waals surface area (Å²) in [5, 5.41) is 11.2. The lowest BCUT2D eigenvalue weighted by Gasteiger charge is -2.39. The van der Waals surface area contributed by atoms with E-state index in [9.17, 15) is 23.3 Å². The van der Waals surface area contributed by atoms with Crippen LogP contribution in [0.25, 0.3) is 0 Å². The maximum absolute atomic E-state index is 12.8. The molecule has 1 aliphatic heterocycles. The predicted molar refractivity (Wildman–Crippen MR) is 88.7 cm³/mol.